The van der Waals surface area contributed by atoms with Crippen molar-refractivity contribution in [3.05, 3.63) is 88.3 Å². The highest BCUT2D eigenvalue weighted by Crippen LogP contribution is 2.15. The standard InChI is InChI=1S/C23H22N4O2/c1-3-17-8-10-18(11-9-17)25-21(28)15-26-22-20(5-4-14-24-22)23(29)27(26)19-12-6-16(2)7-13-19/h4-14H,3,15H2,1-2H3,(H,25,28). The Kier molecular flexibility index (Phi) is 4.99. The Morgan fingerprint density at radius 3 is 2.45 bits per heavy atom. The predicted molar refractivity (Wildman–Crippen MR) is 115 cm³/mol. The molecule has 4 rings (SSSR count). The van der Waals surface area contributed by atoms with E-state index in [2.05, 4.69) is 17.2 Å². The second-order valence-corrected chi connectivity index (χ2v) is 6.98. The summed E-state index contributed by atoms with van der Waals surface area (Å²) in [5.41, 5.74) is 4.00. The zero-order valence-corrected chi connectivity index (χ0v) is 16.4. The molecule has 4 aromatic rings. The van der Waals surface area contributed by atoms with Crippen LogP contribution in [0.4, 0.5) is 5.69 Å². The minimum Gasteiger partial charge on any atom is -0.324 e. The minimum absolute atomic E-state index is 0.0286. The van der Waals surface area contributed by atoms with E-state index >= 15 is 0 Å². The molecule has 2 aromatic carbocycles. The fraction of sp³-hybridized carbons (Fsp3) is 0.174. The number of carbonyl (C=O) groups is 1. The number of nitrogens with zero attached hydrogens (tertiary/aromatic N) is 3. The SMILES string of the molecule is CCc1ccc(NC(=O)Cn2c3ncccc3c(=O)n2-c2ccc(C)cc2)cc1. The maximum Gasteiger partial charge on any atom is 0.280 e. The second-order valence-electron chi connectivity index (χ2n) is 6.98. The number of fused-ring (bicyclic) bond motifs is 1. The first-order valence-corrected chi connectivity index (χ1v) is 9.59. The van der Waals surface area contributed by atoms with E-state index in [4.69, 9.17) is 0 Å². The van der Waals surface area contributed by atoms with Gasteiger partial charge in [-0.1, -0.05) is 36.8 Å². The molecule has 6 nitrogen and oxygen atoms in total. The van der Waals surface area contributed by atoms with Gasteiger partial charge in [-0.05, 0) is 55.3 Å². The Labute approximate surface area is 168 Å². The number of carbonyl (C=O) groups excluding carboxylic acids is 1. The average molecular weight is 386 g/mol. The van der Waals surface area contributed by atoms with Gasteiger partial charge in [0.25, 0.3) is 5.56 Å². The Hall–Kier alpha value is -3.67. The molecule has 0 unspecified atom stereocenters. The number of nitrogens with one attached hydrogen (secondary N) is 1. The molecular weight excluding hydrogens is 364 g/mol. The normalized spacial score (nSPS) is 11.0. The number of benzene rings is 2. The van der Waals surface area contributed by atoms with Crippen molar-refractivity contribution in [2.45, 2.75) is 26.8 Å². The molecule has 0 radical (unpaired) electrons. The van der Waals surface area contributed by atoms with E-state index in [0.29, 0.717) is 16.7 Å². The molecule has 0 saturated heterocycles. The number of pyridine rings is 1. The van der Waals surface area contributed by atoms with Crippen LogP contribution in [0.2, 0.25) is 0 Å². The van der Waals surface area contributed by atoms with E-state index in [-0.39, 0.29) is 18.0 Å². The number of anilines is 1. The Bertz CT molecular complexity index is 1220. The van der Waals surface area contributed by atoms with Crippen LogP contribution < -0.4 is 10.9 Å². The summed E-state index contributed by atoms with van der Waals surface area (Å²) in [4.78, 5) is 30.1. The molecule has 0 saturated carbocycles. The van der Waals surface area contributed by atoms with Crippen molar-refractivity contribution >= 4 is 22.6 Å². The zero-order chi connectivity index (χ0) is 20.4. The van der Waals surface area contributed by atoms with Crippen molar-refractivity contribution in [2.24, 2.45) is 0 Å². The molecule has 2 aromatic heterocycles. The van der Waals surface area contributed by atoms with Crippen molar-refractivity contribution in [1.82, 2.24) is 14.3 Å². The fourth-order valence-electron chi connectivity index (χ4n) is 3.34. The van der Waals surface area contributed by atoms with Crippen LogP contribution in [-0.4, -0.2) is 20.3 Å². The third-order valence-corrected chi connectivity index (χ3v) is 4.91. The number of amides is 1. The third kappa shape index (κ3) is 3.69. The Morgan fingerprint density at radius 2 is 1.76 bits per heavy atom. The molecule has 0 atom stereocenters. The number of aryl methyl sites for hydroxylation is 2. The van der Waals surface area contributed by atoms with E-state index in [9.17, 15) is 9.59 Å². The summed E-state index contributed by atoms with van der Waals surface area (Å²) in [6.45, 7) is 4.04. The lowest BCUT2D eigenvalue weighted by Gasteiger charge is -2.13. The van der Waals surface area contributed by atoms with Crippen molar-refractivity contribution < 1.29 is 4.79 Å². The van der Waals surface area contributed by atoms with Gasteiger partial charge in [0.05, 0.1) is 11.1 Å². The van der Waals surface area contributed by atoms with E-state index in [1.807, 2.05) is 55.5 Å². The molecule has 0 aliphatic heterocycles. The Balaban J connectivity index is 1.72. The first-order chi connectivity index (χ1) is 14.1. The summed E-state index contributed by atoms with van der Waals surface area (Å²) >= 11 is 0. The minimum atomic E-state index is -0.224. The van der Waals surface area contributed by atoms with E-state index in [1.165, 1.54) is 10.2 Å². The van der Waals surface area contributed by atoms with Crippen molar-refractivity contribution in [1.29, 1.82) is 0 Å². The van der Waals surface area contributed by atoms with Crippen LogP contribution in [0.15, 0.2) is 71.7 Å². The third-order valence-electron chi connectivity index (χ3n) is 4.91. The molecule has 0 spiro atoms. The molecule has 0 fully saturated rings. The number of hydrogen-bond donors (Lipinski definition) is 1. The van der Waals surface area contributed by atoms with Crippen molar-refractivity contribution in [3.8, 4) is 5.69 Å². The highest BCUT2D eigenvalue weighted by atomic mass is 16.2. The summed E-state index contributed by atoms with van der Waals surface area (Å²) < 4.78 is 3.13. The average Bonchev–Trinajstić information content (AvgIpc) is 3.01. The highest BCUT2D eigenvalue weighted by molar-refractivity contribution is 5.91. The van der Waals surface area contributed by atoms with Crippen LogP contribution >= 0.6 is 0 Å². The lowest BCUT2D eigenvalue weighted by molar-refractivity contribution is -0.116. The van der Waals surface area contributed by atoms with Gasteiger partial charge in [0.15, 0.2) is 5.65 Å². The highest BCUT2D eigenvalue weighted by Gasteiger charge is 2.17. The van der Waals surface area contributed by atoms with E-state index in [0.717, 1.165) is 17.7 Å². The maximum atomic E-state index is 13.0. The van der Waals surface area contributed by atoms with Gasteiger partial charge in [0, 0.05) is 11.9 Å². The summed E-state index contributed by atoms with van der Waals surface area (Å²) in [5, 5.41) is 3.38. The predicted octanol–water partition coefficient (Wildman–Crippen LogP) is 3.70. The molecule has 29 heavy (non-hydrogen) atoms. The Morgan fingerprint density at radius 1 is 1.03 bits per heavy atom. The second kappa shape index (κ2) is 7.75. The van der Waals surface area contributed by atoms with Crippen LogP contribution in [0.25, 0.3) is 16.7 Å². The molecule has 0 aliphatic carbocycles. The molecule has 0 aliphatic rings. The lowest BCUT2D eigenvalue weighted by atomic mass is 10.1. The molecule has 146 valence electrons. The first-order valence-electron chi connectivity index (χ1n) is 9.59. The van der Waals surface area contributed by atoms with Gasteiger partial charge < -0.3 is 5.32 Å². The number of hydrogen-bond acceptors (Lipinski definition) is 3. The maximum absolute atomic E-state index is 13.0. The largest absolute Gasteiger partial charge is 0.324 e. The van der Waals surface area contributed by atoms with Gasteiger partial charge >= 0.3 is 0 Å². The topological polar surface area (TPSA) is 68.9 Å². The molecule has 1 N–H and O–H groups in total. The smallest absolute Gasteiger partial charge is 0.280 e. The summed E-state index contributed by atoms with van der Waals surface area (Å²) in [6, 6.07) is 18.8. The molecular formula is C23H22N4O2. The summed E-state index contributed by atoms with van der Waals surface area (Å²) in [7, 11) is 0. The number of aromatic nitrogens is 3. The zero-order valence-electron chi connectivity index (χ0n) is 16.4. The van der Waals surface area contributed by atoms with Gasteiger partial charge in [0.2, 0.25) is 5.91 Å². The fourth-order valence-corrected chi connectivity index (χ4v) is 3.34. The van der Waals surface area contributed by atoms with E-state index < -0.39 is 0 Å². The summed E-state index contributed by atoms with van der Waals surface area (Å²) in [6.07, 6.45) is 2.57. The van der Waals surface area contributed by atoms with Gasteiger partial charge in [-0.2, -0.15) is 0 Å². The monoisotopic (exact) mass is 386 g/mol. The van der Waals surface area contributed by atoms with Crippen molar-refractivity contribution in [2.75, 3.05) is 5.32 Å². The lowest BCUT2D eigenvalue weighted by Crippen LogP contribution is -2.27. The van der Waals surface area contributed by atoms with Gasteiger partial charge in [-0.15, -0.1) is 0 Å². The van der Waals surface area contributed by atoms with Crippen LogP contribution in [-0.2, 0) is 17.8 Å². The van der Waals surface area contributed by atoms with Gasteiger partial charge in [-0.25, -0.2) is 9.67 Å². The first kappa shape index (κ1) is 18.7. The van der Waals surface area contributed by atoms with Crippen LogP contribution in [0.3, 0.4) is 0 Å². The number of rotatable bonds is 5. The van der Waals surface area contributed by atoms with Gasteiger partial charge in [0.1, 0.15) is 6.54 Å². The van der Waals surface area contributed by atoms with Crippen LogP contribution in [0, 0.1) is 6.92 Å². The molecule has 1 amide bonds. The molecule has 0 bridgehead atoms. The molecule has 6 heteroatoms. The quantitative estimate of drug-likeness (QED) is 0.569. The van der Waals surface area contributed by atoms with Crippen LogP contribution in [0.5, 0.6) is 0 Å². The van der Waals surface area contributed by atoms with Crippen LogP contribution in [0.1, 0.15) is 18.1 Å². The van der Waals surface area contributed by atoms with Gasteiger partial charge in [-0.3, -0.25) is 14.3 Å². The molecule has 2 heterocycles. The summed E-state index contributed by atoms with van der Waals surface area (Å²) in [5.74, 6) is -0.224. The van der Waals surface area contributed by atoms with Crippen molar-refractivity contribution in [3.63, 3.8) is 0 Å². The van der Waals surface area contributed by atoms with E-state index in [1.54, 1.807) is 23.0 Å².